The molecule has 1 aromatic rings. The van der Waals surface area contributed by atoms with Crippen LogP contribution in [0.1, 0.15) is 25.5 Å². The Morgan fingerprint density at radius 1 is 1.59 bits per heavy atom. The van der Waals surface area contributed by atoms with Gasteiger partial charge >= 0.3 is 0 Å². The van der Waals surface area contributed by atoms with E-state index in [4.69, 9.17) is 10.2 Å². The Kier molecular flexibility index (Phi) is 3.72. The van der Waals surface area contributed by atoms with E-state index in [2.05, 4.69) is 22.7 Å². The smallest absolute Gasteiger partial charge is 0.251 e. The number of hydrogen-bond acceptors (Lipinski definition) is 6. The summed E-state index contributed by atoms with van der Waals surface area (Å²) in [6.45, 7) is 2.71. The molecule has 0 saturated carbocycles. The normalized spacial score (nSPS) is 22.7. The monoisotopic (exact) mass is 301 g/mol. The molecule has 22 heavy (non-hydrogen) atoms. The Balaban J connectivity index is 1.91. The van der Waals surface area contributed by atoms with Gasteiger partial charge in [0, 0.05) is 12.1 Å². The van der Waals surface area contributed by atoms with Gasteiger partial charge in [0.2, 0.25) is 0 Å². The van der Waals surface area contributed by atoms with Crippen LogP contribution in [-0.2, 0) is 10.5 Å². The van der Waals surface area contributed by atoms with Crippen LogP contribution in [0.25, 0.3) is 0 Å². The molecule has 3 rings (SSSR count). The number of nitrogens with two attached hydrogens (primary N) is 1. The quantitative estimate of drug-likeness (QED) is 0.703. The van der Waals surface area contributed by atoms with Gasteiger partial charge in [-0.15, -0.1) is 0 Å². The minimum absolute atomic E-state index is 0.163. The first-order chi connectivity index (χ1) is 10.6. The van der Waals surface area contributed by atoms with Gasteiger partial charge in [0.1, 0.15) is 12.1 Å². The van der Waals surface area contributed by atoms with Crippen LogP contribution in [0.5, 0.6) is 0 Å². The summed E-state index contributed by atoms with van der Waals surface area (Å²) in [5.74, 6) is 0.932. The first-order valence-electron chi connectivity index (χ1n) is 7.29. The lowest BCUT2D eigenvalue weighted by Gasteiger charge is -2.37. The number of rotatable bonds is 5. The molecule has 1 aromatic heterocycles. The molecule has 0 bridgehead atoms. The Hall–Kier alpha value is -2.54. The lowest BCUT2D eigenvalue weighted by Crippen LogP contribution is -2.56. The van der Waals surface area contributed by atoms with Crippen LogP contribution in [-0.4, -0.2) is 23.8 Å². The molecule has 0 spiro atoms. The van der Waals surface area contributed by atoms with Crippen LogP contribution >= 0.6 is 0 Å². The number of carbonyl (C=O) groups is 1. The third-order valence-corrected chi connectivity index (χ3v) is 3.64. The van der Waals surface area contributed by atoms with Gasteiger partial charge < -0.3 is 9.73 Å². The first kappa shape index (κ1) is 14.4. The maximum absolute atomic E-state index is 12.3. The minimum atomic E-state index is -1.11. The highest BCUT2D eigenvalue weighted by Gasteiger charge is 2.42. The molecule has 1 unspecified atom stereocenters. The molecule has 0 aromatic carbocycles. The molecule has 3 heterocycles. The van der Waals surface area contributed by atoms with Gasteiger partial charge in [-0.25, -0.2) is 10.0 Å². The van der Waals surface area contributed by atoms with Crippen LogP contribution in [0.15, 0.2) is 51.4 Å². The summed E-state index contributed by atoms with van der Waals surface area (Å²) in [4.78, 5) is 16.5. The topological polar surface area (TPSA) is 95.9 Å². The van der Waals surface area contributed by atoms with Crippen molar-refractivity contribution in [2.24, 2.45) is 10.7 Å². The van der Waals surface area contributed by atoms with Crippen molar-refractivity contribution >= 4 is 12.2 Å². The van der Waals surface area contributed by atoms with E-state index >= 15 is 0 Å². The fraction of sp³-hybridized carbons (Fsp3) is 0.333. The summed E-state index contributed by atoms with van der Waals surface area (Å²) in [6.07, 6.45) is 8.42. The standard InChI is InChI=1S/C15H19N5O2/c1-2-3-6-17-14(21)11-8-13-18-10-19-20(13)15(16,9-11)12-5-4-7-22-12/h4-5,7-10H,2-3,6,16H2,1H3,(H,17,21)(H,18,19). The van der Waals surface area contributed by atoms with Crippen LogP contribution in [0.4, 0.5) is 0 Å². The zero-order chi connectivity index (χ0) is 15.6. The SMILES string of the molecule is CCCCNC(=O)C1=CC(N)(c2ccco2)N2NC=NC2=C1. The van der Waals surface area contributed by atoms with Gasteiger partial charge in [-0.05, 0) is 30.7 Å². The second kappa shape index (κ2) is 5.69. The number of carbonyl (C=O) groups excluding carboxylic acids is 1. The fourth-order valence-electron chi connectivity index (χ4n) is 2.46. The molecule has 7 nitrogen and oxygen atoms in total. The molecule has 2 aliphatic rings. The Bertz CT molecular complexity index is 647. The number of nitrogens with one attached hydrogen (secondary N) is 2. The van der Waals surface area contributed by atoms with Gasteiger partial charge in [0.15, 0.2) is 11.5 Å². The molecule has 0 fully saturated rings. The molecule has 0 saturated heterocycles. The second-order valence-corrected chi connectivity index (χ2v) is 5.24. The van der Waals surface area contributed by atoms with Crippen molar-refractivity contribution in [1.29, 1.82) is 0 Å². The van der Waals surface area contributed by atoms with Crippen LogP contribution in [0.3, 0.4) is 0 Å². The van der Waals surface area contributed by atoms with E-state index < -0.39 is 5.66 Å². The van der Waals surface area contributed by atoms with Crippen molar-refractivity contribution in [3.8, 4) is 0 Å². The number of hydrazine groups is 1. The number of furan rings is 1. The van der Waals surface area contributed by atoms with Gasteiger partial charge in [0.25, 0.3) is 5.91 Å². The van der Waals surface area contributed by atoms with Gasteiger partial charge in [-0.2, -0.15) is 0 Å². The van der Waals surface area contributed by atoms with Crippen LogP contribution in [0, 0.1) is 0 Å². The number of nitrogens with zero attached hydrogens (tertiary/aromatic N) is 2. The van der Waals surface area contributed by atoms with Crippen molar-refractivity contribution in [3.05, 3.63) is 47.7 Å². The first-order valence-corrected chi connectivity index (χ1v) is 7.29. The number of unbranched alkanes of at least 4 members (excludes halogenated alkanes) is 1. The van der Waals surface area contributed by atoms with Crippen LogP contribution in [0.2, 0.25) is 0 Å². The molecule has 4 N–H and O–H groups in total. The number of fused-ring (bicyclic) bond motifs is 1. The maximum Gasteiger partial charge on any atom is 0.251 e. The van der Waals surface area contributed by atoms with E-state index in [1.54, 1.807) is 35.6 Å². The summed E-state index contributed by atoms with van der Waals surface area (Å²) in [5, 5.41) is 4.55. The Morgan fingerprint density at radius 2 is 2.45 bits per heavy atom. The predicted octanol–water partition coefficient (Wildman–Crippen LogP) is 0.937. The zero-order valence-electron chi connectivity index (χ0n) is 12.4. The van der Waals surface area contributed by atoms with Gasteiger partial charge in [0.05, 0.1) is 6.26 Å². The summed E-state index contributed by atoms with van der Waals surface area (Å²) >= 11 is 0. The Morgan fingerprint density at radius 3 is 3.18 bits per heavy atom. The zero-order valence-corrected chi connectivity index (χ0v) is 12.4. The van der Waals surface area contributed by atoms with E-state index in [0.717, 1.165) is 12.8 Å². The molecule has 2 aliphatic heterocycles. The molecule has 0 aliphatic carbocycles. The third-order valence-electron chi connectivity index (χ3n) is 3.64. The molecular weight excluding hydrogens is 282 g/mol. The van der Waals surface area contributed by atoms with E-state index in [1.807, 2.05) is 0 Å². The van der Waals surface area contributed by atoms with Crippen molar-refractivity contribution in [2.45, 2.75) is 25.4 Å². The van der Waals surface area contributed by atoms with Crippen molar-refractivity contribution in [1.82, 2.24) is 15.8 Å². The molecule has 1 atom stereocenters. The molecule has 7 heteroatoms. The largest absolute Gasteiger partial charge is 0.465 e. The average molecular weight is 301 g/mol. The van der Waals surface area contributed by atoms with E-state index in [-0.39, 0.29) is 5.91 Å². The average Bonchev–Trinajstić information content (AvgIpc) is 3.19. The predicted molar refractivity (Wildman–Crippen MR) is 82.1 cm³/mol. The summed E-state index contributed by atoms with van der Waals surface area (Å²) < 4.78 is 5.45. The molecule has 1 amide bonds. The number of aliphatic imine (C=N–C) groups is 1. The summed E-state index contributed by atoms with van der Waals surface area (Å²) in [5.41, 5.74) is 8.81. The van der Waals surface area contributed by atoms with Crippen LogP contribution < -0.4 is 16.5 Å². The summed E-state index contributed by atoms with van der Waals surface area (Å²) in [7, 11) is 0. The highest BCUT2D eigenvalue weighted by molar-refractivity contribution is 5.97. The fourth-order valence-corrected chi connectivity index (χ4v) is 2.46. The maximum atomic E-state index is 12.3. The Labute approximate surface area is 128 Å². The highest BCUT2D eigenvalue weighted by atomic mass is 16.3. The van der Waals surface area contributed by atoms with E-state index in [9.17, 15) is 4.79 Å². The van der Waals surface area contributed by atoms with Crippen molar-refractivity contribution in [2.75, 3.05) is 6.54 Å². The summed E-state index contributed by atoms with van der Waals surface area (Å²) in [6, 6.07) is 3.53. The van der Waals surface area contributed by atoms with E-state index in [0.29, 0.717) is 23.7 Å². The molecular formula is C15H19N5O2. The molecule has 0 radical (unpaired) electrons. The number of amides is 1. The number of hydrogen-bond donors (Lipinski definition) is 3. The molecule has 116 valence electrons. The lowest BCUT2D eigenvalue weighted by atomic mass is 9.99. The van der Waals surface area contributed by atoms with Crippen molar-refractivity contribution in [3.63, 3.8) is 0 Å². The third kappa shape index (κ3) is 2.39. The highest BCUT2D eigenvalue weighted by Crippen LogP contribution is 2.34. The van der Waals surface area contributed by atoms with E-state index in [1.165, 1.54) is 6.34 Å². The second-order valence-electron chi connectivity index (χ2n) is 5.24. The lowest BCUT2D eigenvalue weighted by molar-refractivity contribution is -0.117. The van der Waals surface area contributed by atoms with Crippen molar-refractivity contribution < 1.29 is 9.21 Å². The minimum Gasteiger partial charge on any atom is -0.465 e. The van der Waals surface area contributed by atoms with Gasteiger partial charge in [-0.3, -0.25) is 16.0 Å². The van der Waals surface area contributed by atoms with Gasteiger partial charge in [-0.1, -0.05) is 13.3 Å².